The highest BCUT2D eigenvalue weighted by atomic mass is 16.2. The van der Waals surface area contributed by atoms with Crippen LogP contribution in [0.4, 0.5) is 0 Å². The lowest BCUT2D eigenvalue weighted by molar-refractivity contribution is -0.124. The van der Waals surface area contributed by atoms with Crippen LogP contribution in [0.3, 0.4) is 0 Å². The van der Waals surface area contributed by atoms with E-state index in [2.05, 4.69) is 6.92 Å². The number of hydrogen-bond donors (Lipinski definition) is 0. The van der Waals surface area contributed by atoms with E-state index in [0.717, 1.165) is 12.0 Å². The molecule has 1 amide bonds. The van der Waals surface area contributed by atoms with Crippen LogP contribution >= 0.6 is 0 Å². The van der Waals surface area contributed by atoms with Crippen molar-refractivity contribution in [2.45, 2.75) is 27.2 Å². The summed E-state index contributed by atoms with van der Waals surface area (Å²) in [6.07, 6.45) is 0.950. The highest BCUT2D eigenvalue weighted by Gasteiger charge is 2.07. The number of carbonyl (C=O) groups is 1. The number of likely N-dealkylation sites (N-methyl/N-ethyl adjacent to an activating group) is 1. The third-order valence-corrected chi connectivity index (χ3v) is 1.90. The van der Waals surface area contributed by atoms with Gasteiger partial charge in [0, 0.05) is 19.7 Å². The van der Waals surface area contributed by atoms with Crippen LogP contribution in [0.5, 0.6) is 0 Å². The minimum Gasteiger partial charge on any atom is -0.345 e. The summed E-state index contributed by atoms with van der Waals surface area (Å²) in [4.78, 5) is 12.9. The van der Waals surface area contributed by atoms with Gasteiger partial charge in [0.05, 0.1) is 0 Å². The van der Waals surface area contributed by atoms with E-state index in [9.17, 15) is 4.79 Å². The Morgan fingerprint density at radius 3 is 2.00 bits per heavy atom. The third kappa shape index (κ3) is 2.74. The zero-order chi connectivity index (χ0) is 9.02. The van der Waals surface area contributed by atoms with E-state index in [1.165, 1.54) is 5.57 Å². The highest BCUT2D eigenvalue weighted by Crippen LogP contribution is 2.08. The average molecular weight is 155 g/mol. The summed E-state index contributed by atoms with van der Waals surface area (Å²) in [7, 11) is 3.55. The first-order valence-corrected chi connectivity index (χ1v) is 3.88. The van der Waals surface area contributed by atoms with Crippen LogP contribution in [0.1, 0.15) is 27.2 Å². The van der Waals surface area contributed by atoms with E-state index in [1.54, 1.807) is 19.0 Å². The van der Waals surface area contributed by atoms with E-state index in [1.807, 2.05) is 13.8 Å². The van der Waals surface area contributed by atoms with Crippen LogP contribution in [0, 0.1) is 0 Å². The summed E-state index contributed by atoms with van der Waals surface area (Å²) in [5.74, 6) is 0.115. The largest absolute Gasteiger partial charge is 0.345 e. The van der Waals surface area contributed by atoms with Crippen molar-refractivity contribution in [3.8, 4) is 0 Å². The van der Waals surface area contributed by atoms with Crippen LogP contribution in [0.25, 0.3) is 0 Å². The van der Waals surface area contributed by atoms with E-state index in [-0.39, 0.29) is 5.91 Å². The lowest BCUT2D eigenvalue weighted by Crippen LogP contribution is -2.23. The van der Waals surface area contributed by atoms with Gasteiger partial charge in [-0.05, 0) is 20.3 Å². The highest BCUT2D eigenvalue weighted by molar-refractivity contribution is 5.93. The van der Waals surface area contributed by atoms with Gasteiger partial charge in [0.2, 0.25) is 5.91 Å². The van der Waals surface area contributed by atoms with Crippen LogP contribution < -0.4 is 0 Å². The quantitative estimate of drug-likeness (QED) is 0.557. The van der Waals surface area contributed by atoms with Gasteiger partial charge in [-0.15, -0.1) is 0 Å². The molecule has 0 aromatic carbocycles. The first-order chi connectivity index (χ1) is 5.00. The lowest BCUT2D eigenvalue weighted by atomic mass is 10.1. The van der Waals surface area contributed by atoms with Gasteiger partial charge < -0.3 is 4.90 Å². The van der Waals surface area contributed by atoms with Crippen molar-refractivity contribution in [2.24, 2.45) is 0 Å². The van der Waals surface area contributed by atoms with Gasteiger partial charge >= 0.3 is 0 Å². The average Bonchev–Trinajstić information content (AvgIpc) is 2.00. The Bertz CT molecular complexity index is 180. The molecule has 0 aromatic heterocycles. The molecule has 0 aliphatic heterocycles. The fraction of sp³-hybridized carbons (Fsp3) is 0.667. The van der Waals surface area contributed by atoms with E-state index in [0.29, 0.717) is 0 Å². The van der Waals surface area contributed by atoms with Gasteiger partial charge in [0.15, 0.2) is 0 Å². The van der Waals surface area contributed by atoms with Crippen LogP contribution in [0.15, 0.2) is 11.1 Å². The van der Waals surface area contributed by atoms with Gasteiger partial charge in [-0.2, -0.15) is 0 Å². The molecule has 0 aliphatic rings. The number of allylic oxidation sites excluding steroid dienone is 1. The molecule has 11 heavy (non-hydrogen) atoms. The second kappa shape index (κ2) is 4.16. The van der Waals surface area contributed by atoms with E-state index >= 15 is 0 Å². The molecule has 0 rings (SSSR count). The number of rotatable bonds is 2. The van der Waals surface area contributed by atoms with Crippen LogP contribution in [0.2, 0.25) is 0 Å². The first-order valence-electron chi connectivity index (χ1n) is 3.88. The van der Waals surface area contributed by atoms with Gasteiger partial charge in [-0.1, -0.05) is 12.5 Å². The molecule has 0 aromatic rings. The van der Waals surface area contributed by atoms with Crippen LogP contribution in [-0.4, -0.2) is 24.9 Å². The Balaban J connectivity index is 4.47. The third-order valence-electron chi connectivity index (χ3n) is 1.90. The Morgan fingerprint density at radius 2 is 1.73 bits per heavy atom. The van der Waals surface area contributed by atoms with Gasteiger partial charge in [0.25, 0.3) is 0 Å². The minimum atomic E-state index is 0.115. The summed E-state index contributed by atoms with van der Waals surface area (Å²) in [6.45, 7) is 5.93. The van der Waals surface area contributed by atoms with Crippen molar-refractivity contribution in [3.05, 3.63) is 11.1 Å². The number of carbonyl (C=O) groups excluding carboxylic acids is 1. The molecule has 0 saturated heterocycles. The number of nitrogens with zero attached hydrogens (tertiary/aromatic N) is 1. The topological polar surface area (TPSA) is 20.3 Å². The molecule has 64 valence electrons. The molecule has 0 radical (unpaired) electrons. The predicted octanol–water partition coefficient (Wildman–Crippen LogP) is 1.82. The fourth-order valence-electron chi connectivity index (χ4n) is 0.783. The van der Waals surface area contributed by atoms with Crippen molar-refractivity contribution in [2.75, 3.05) is 14.1 Å². The molecule has 0 spiro atoms. The van der Waals surface area contributed by atoms with E-state index < -0.39 is 0 Å². The number of hydrogen-bond acceptors (Lipinski definition) is 1. The van der Waals surface area contributed by atoms with Gasteiger partial charge in [-0.3, -0.25) is 4.79 Å². The molecule has 0 aliphatic carbocycles. The Hall–Kier alpha value is -0.790. The SMILES string of the molecule is CC/C(C)=C(\C)C(=O)N(C)C. The molecule has 0 heterocycles. The Labute approximate surface area is 68.9 Å². The molecular weight excluding hydrogens is 138 g/mol. The fourth-order valence-corrected chi connectivity index (χ4v) is 0.783. The Kier molecular flexibility index (Phi) is 3.86. The van der Waals surface area contributed by atoms with Gasteiger partial charge in [0.1, 0.15) is 0 Å². The molecule has 0 fully saturated rings. The second-order valence-electron chi connectivity index (χ2n) is 2.96. The first kappa shape index (κ1) is 10.2. The molecule has 0 N–H and O–H groups in total. The molecular formula is C9H17NO. The summed E-state index contributed by atoms with van der Waals surface area (Å²) in [6, 6.07) is 0. The molecule has 0 atom stereocenters. The molecule has 2 nitrogen and oxygen atoms in total. The van der Waals surface area contributed by atoms with Crippen molar-refractivity contribution in [1.29, 1.82) is 0 Å². The molecule has 0 saturated carbocycles. The van der Waals surface area contributed by atoms with Crippen molar-refractivity contribution < 1.29 is 4.79 Å². The minimum absolute atomic E-state index is 0.115. The maximum atomic E-state index is 11.3. The van der Waals surface area contributed by atoms with Crippen molar-refractivity contribution in [3.63, 3.8) is 0 Å². The lowest BCUT2D eigenvalue weighted by Gasteiger charge is -2.12. The maximum absolute atomic E-state index is 11.3. The monoisotopic (exact) mass is 155 g/mol. The van der Waals surface area contributed by atoms with Crippen LogP contribution in [-0.2, 0) is 4.79 Å². The molecule has 0 unspecified atom stereocenters. The summed E-state index contributed by atoms with van der Waals surface area (Å²) in [5, 5.41) is 0. The summed E-state index contributed by atoms with van der Waals surface area (Å²) in [5.41, 5.74) is 2.04. The standard InChI is InChI=1S/C9H17NO/c1-6-7(2)8(3)9(11)10(4)5/h6H2,1-5H3/b8-7+. The second-order valence-corrected chi connectivity index (χ2v) is 2.96. The molecule has 0 bridgehead atoms. The predicted molar refractivity (Wildman–Crippen MR) is 47.4 cm³/mol. The zero-order valence-electron chi connectivity index (χ0n) is 8.06. The Morgan fingerprint density at radius 1 is 1.27 bits per heavy atom. The summed E-state index contributed by atoms with van der Waals surface area (Å²) < 4.78 is 0. The zero-order valence-corrected chi connectivity index (χ0v) is 8.06. The molecule has 2 heteroatoms. The smallest absolute Gasteiger partial charge is 0.248 e. The van der Waals surface area contributed by atoms with Crippen molar-refractivity contribution in [1.82, 2.24) is 4.90 Å². The normalized spacial score (nSPS) is 12.5. The summed E-state index contributed by atoms with van der Waals surface area (Å²) >= 11 is 0. The van der Waals surface area contributed by atoms with Crippen molar-refractivity contribution >= 4 is 5.91 Å². The number of amides is 1. The maximum Gasteiger partial charge on any atom is 0.248 e. The van der Waals surface area contributed by atoms with E-state index in [4.69, 9.17) is 0 Å². The van der Waals surface area contributed by atoms with Gasteiger partial charge in [-0.25, -0.2) is 0 Å².